The predicted molar refractivity (Wildman–Crippen MR) is 66.2 cm³/mol. The zero-order valence-corrected chi connectivity index (χ0v) is 9.99. The summed E-state index contributed by atoms with van der Waals surface area (Å²) in [4.78, 5) is 0. The highest BCUT2D eigenvalue weighted by Gasteiger charge is 2.09. The summed E-state index contributed by atoms with van der Waals surface area (Å²) in [5.74, 6) is 0.545. The maximum absolute atomic E-state index is 9.13. The van der Waals surface area contributed by atoms with E-state index in [9.17, 15) is 0 Å². The number of nitrogens with zero attached hydrogens (tertiary/aromatic N) is 2. The Kier molecular flexibility index (Phi) is 2.70. The van der Waals surface area contributed by atoms with Gasteiger partial charge in [0.1, 0.15) is 11.8 Å². The van der Waals surface area contributed by atoms with Crippen molar-refractivity contribution in [3.8, 4) is 6.07 Å². The van der Waals surface area contributed by atoms with Crippen LogP contribution in [-0.4, -0.2) is 4.57 Å². The highest BCUT2D eigenvalue weighted by molar-refractivity contribution is 5.83. The number of aromatic nitrogens is 1. The monoisotopic (exact) mass is 212 g/mol. The van der Waals surface area contributed by atoms with Crippen LogP contribution in [0, 0.1) is 24.2 Å². The van der Waals surface area contributed by atoms with Crippen molar-refractivity contribution in [2.75, 3.05) is 0 Å². The molecular formula is C14H16N2. The molecule has 2 nitrogen and oxygen atoms in total. The molecule has 0 unspecified atom stereocenters. The summed E-state index contributed by atoms with van der Waals surface area (Å²) in [7, 11) is 0. The summed E-state index contributed by atoms with van der Waals surface area (Å²) in [6, 6.07) is 10.6. The Labute approximate surface area is 96.1 Å². The smallest absolute Gasteiger partial charge is 0.121 e. The zero-order valence-electron chi connectivity index (χ0n) is 9.99. The van der Waals surface area contributed by atoms with Gasteiger partial charge in [0.15, 0.2) is 0 Å². The van der Waals surface area contributed by atoms with E-state index in [1.807, 2.05) is 6.07 Å². The first kappa shape index (κ1) is 10.8. The van der Waals surface area contributed by atoms with Gasteiger partial charge in [-0.05, 0) is 31.0 Å². The zero-order chi connectivity index (χ0) is 11.7. The molecule has 0 bridgehead atoms. The van der Waals surface area contributed by atoms with Crippen LogP contribution in [0.4, 0.5) is 0 Å². The van der Waals surface area contributed by atoms with E-state index in [1.165, 1.54) is 5.56 Å². The molecule has 1 heterocycles. The number of hydrogen-bond acceptors (Lipinski definition) is 1. The van der Waals surface area contributed by atoms with Gasteiger partial charge in [-0.15, -0.1) is 0 Å². The molecule has 0 N–H and O–H groups in total. The van der Waals surface area contributed by atoms with Crippen LogP contribution in [0.5, 0.6) is 0 Å². The SMILES string of the molecule is Cc1ccc2c(c1)cc(C#N)n2CC(C)C. The van der Waals surface area contributed by atoms with Crippen molar-refractivity contribution in [3.05, 3.63) is 35.5 Å². The Morgan fingerprint density at radius 3 is 2.69 bits per heavy atom. The Morgan fingerprint density at radius 1 is 1.31 bits per heavy atom. The third kappa shape index (κ3) is 1.81. The summed E-state index contributed by atoms with van der Waals surface area (Å²) in [6.07, 6.45) is 0. The molecule has 0 saturated carbocycles. The summed E-state index contributed by atoms with van der Waals surface area (Å²) in [5, 5.41) is 10.3. The second kappa shape index (κ2) is 4.02. The predicted octanol–water partition coefficient (Wildman–Crippen LogP) is 3.48. The van der Waals surface area contributed by atoms with Crippen LogP contribution in [0.15, 0.2) is 24.3 Å². The van der Waals surface area contributed by atoms with Gasteiger partial charge in [0.25, 0.3) is 0 Å². The van der Waals surface area contributed by atoms with Crippen molar-refractivity contribution >= 4 is 10.9 Å². The van der Waals surface area contributed by atoms with Crippen LogP contribution in [0.3, 0.4) is 0 Å². The standard InChI is InChI=1S/C14H16N2/c1-10(2)9-16-13(8-15)7-12-6-11(3)4-5-14(12)16/h4-7,10H,9H2,1-3H3. The van der Waals surface area contributed by atoms with E-state index in [4.69, 9.17) is 5.26 Å². The first-order valence-electron chi connectivity index (χ1n) is 5.62. The Balaban J connectivity index is 2.65. The van der Waals surface area contributed by atoms with Crippen LogP contribution < -0.4 is 0 Å². The Morgan fingerprint density at radius 2 is 2.06 bits per heavy atom. The van der Waals surface area contributed by atoms with E-state index in [0.717, 1.165) is 23.1 Å². The Bertz CT molecular complexity index is 556. The van der Waals surface area contributed by atoms with Crippen molar-refractivity contribution in [1.82, 2.24) is 4.57 Å². The fraction of sp³-hybridized carbons (Fsp3) is 0.357. The summed E-state index contributed by atoms with van der Waals surface area (Å²) in [5.41, 5.74) is 3.16. The number of nitriles is 1. The van der Waals surface area contributed by atoms with Crippen molar-refractivity contribution in [2.24, 2.45) is 5.92 Å². The molecular weight excluding hydrogens is 196 g/mol. The van der Waals surface area contributed by atoms with Crippen LogP contribution in [0.25, 0.3) is 10.9 Å². The minimum atomic E-state index is 0.545. The quantitative estimate of drug-likeness (QED) is 0.749. The van der Waals surface area contributed by atoms with Crippen molar-refractivity contribution in [2.45, 2.75) is 27.3 Å². The molecule has 0 atom stereocenters. The first-order chi connectivity index (χ1) is 7.61. The van der Waals surface area contributed by atoms with Crippen molar-refractivity contribution < 1.29 is 0 Å². The molecule has 82 valence electrons. The van der Waals surface area contributed by atoms with Gasteiger partial charge < -0.3 is 4.57 Å². The average molecular weight is 212 g/mol. The van der Waals surface area contributed by atoms with Gasteiger partial charge in [-0.1, -0.05) is 25.5 Å². The van der Waals surface area contributed by atoms with Gasteiger partial charge in [0.2, 0.25) is 0 Å². The lowest BCUT2D eigenvalue weighted by molar-refractivity contribution is 0.532. The minimum Gasteiger partial charge on any atom is -0.332 e. The molecule has 2 aromatic rings. The summed E-state index contributed by atoms with van der Waals surface area (Å²) >= 11 is 0. The van der Waals surface area contributed by atoms with E-state index in [0.29, 0.717) is 5.92 Å². The largest absolute Gasteiger partial charge is 0.332 e. The lowest BCUT2D eigenvalue weighted by atomic mass is 10.2. The normalized spacial score (nSPS) is 10.9. The van der Waals surface area contributed by atoms with E-state index in [2.05, 4.69) is 49.6 Å². The third-order valence-corrected chi connectivity index (χ3v) is 2.72. The molecule has 0 aliphatic rings. The number of aryl methyl sites for hydroxylation is 1. The van der Waals surface area contributed by atoms with Crippen LogP contribution in [0.1, 0.15) is 25.1 Å². The summed E-state index contributed by atoms with van der Waals surface area (Å²) < 4.78 is 2.11. The molecule has 0 saturated heterocycles. The fourth-order valence-corrected chi connectivity index (χ4v) is 2.04. The average Bonchev–Trinajstić information content (AvgIpc) is 2.55. The van der Waals surface area contributed by atoms with Gasteiger partial charge in [0, 0.05) is 17.4 Å². The number of fused-ring (bicyclic) bond motifs is 1. The topological polar surface area (TPSA) is 28.7 Å². The maximum atomic E-state index is 9.13. The molecule has 0 radical (unpaired) electrons. The first-order valence-corrected chi connectivity index (χ1v) is 5.62. The highest BCUT2D eigenvalue weighted by Crippen LogP contribution is 2.22. The number of benzene rings is 1. The van der Waals surface area contributed by atoms with Crippen molar-refractivity contribution in [3.63, 3.8) is 0 Å². The molecule has 16 heavy (non-hydrogen) atoms. The second-order valence-corrected chi connectivity index (χ2v) is 4.71. The van der Waals surface area contributed by atoms with Crippen LogP contribution >= 0.6 is 0 Å². The third-order valence-electron chi connectivity index (χ3n) is 2.72. The molecule has 2 heteroatoms. The molecule has 0 aliphatic heterocycles. The van der Waals surface area contributed by atoms with E-state index >= 15 is 0 Å². The molecule has 0 aliphatic carbocycles. The lowest BCUT2D eigenvalue weighted by Gasteiger charge is -2.09. The molecule has 1 aromatic carbocycles. The van der Waals surface area contributed by atoms with Gasteiger partial charge in [-0.3, -0.25) is 0 Å². The molecule has 0 spiro atoms. The van der Waals surface area contributed by atoms with E-state index < -0.39 is 0 Å². The number of rotatable bonds is 2. The lowest BCUT2D eigenvalue weighted by Crippen LogP contribution is -2.05. The Hall–Kier alpha value is -1.75. The van der Waals surface area contributed by atoms with Gasteiger partial charge >= 0.3 is 0 Å². The molecule has 0 fully saturated rings. The molecule has 1 aromatic heterocycles. The van der Waals surface area contributed by atoms with Gasteiger partial charge in [-0.25, -0.2) is 0 Å². The second-order valence-electron chi connectivity index (χ2n) is 4.71. The number of hydrogen-bond donors (Lipinski definition) is 0. The minimum absolute atomic E-state index is 0.545. The van der Waals surface area contributed by atoms with Gasteiger partial charge in [0.05, 0.1) is 0 Å². The summed E-state index contributed by atoms with van der Waals surface area (Å²) in [6.45, 7) is 7.31. The van der Waals surface area contributed by atoms with E-state index in [1.54, 1.807) is 0 Å². The highest BCUT2D eigenvalue weighted by atomic mass is 15.0. The van der Waals surface area contributed by atoms with Crippen LogP contribution in [-0.2, 0) is 6.54 Å². The van der Waals surface area contributed by atoms with E-state index in [-0.39, 0.29) is 0 Å². The van der Waals surface area contributed by atoms with Gasteiger partial charge in [-0.2, -0.15) is 5.26 Å². The fourth-order valence-electron chi connectivity index (χ4n) is 2.04. The molecule has 0 amide bonds. The van der Waals surface area contributed by atoms with Crippen LogP contribution in [0.2, 0.25) is 0 Å². The van der Waals surface area contributed by atoms with Crippen molar-refractivity contribution in [1.29, 1.82) is 5.26 Å². The maximum Gasteiger partial charge on any atom is 0.121 e. The molecule has 2 rings (SSSR count).